The van der Waals surface area contributed by atoms with Crippen molar-refractivity contribution in [3.05, 3.63) is 24.0 Å². The monoisotopic (exact) mass is 247 g/mol. The van der Waals surface area contributed by atoms with Gasteiger partial charge in [0, 0.05) is 12.2 Å². The van der Waals surface area contributed by atoms with Crippen molar-refractivity contribution in [1.82, 2.24) is 10.3 Å². The summed E-state index contributed by atoms with van der Waals surface area (Å²) in [5, 5.41) is 2.23. The van der Waals surface area contributed by atoms with E-state index >= 15 is 0 Å². The Morgan fingerprint density at radius 2 is 2.24 bits per heavy atom. The summed E-state index contributed by atoms with van der Waals surface area (Å²) in [6.07, 6.45) is -2.77. The third-order valence-corrected chi connectivity index (χ3v) is 2.01. The van der Waals surface area contributed by atoms with E-state index < -0.39 is 24.5 Å². The smallest absolute Gasteiger partial charge is 0.391 e. The third-order valence-electron chi connectivity index (χ3n) is 2.01. The number of rotatable bonds is 3. The van der Waals surface area contributed by atoms with E-state index in [0.717, 1.165) is 0 Å². The number of nitrogens with two attached hydrogens (primary N) is 1. The third kappa shape index (κ3) is 4.29. The highest BCUT2D eigenvalue weighted by molar-refractivity contribution is 5.98. The molecule has 0 aromatic carbocycles. The lowest BCUT2D eigenvalue weighted by molar-refractivity contribution is -0.138. The van der Waals surface area contributed by atoms with Gasteiger partial charge in [-0.25, -0.2) is 0 Å². The van der Waals surface area contributed by atoms with Crippen LogP contribution in [0.2, 0.25) is 0 Å². The van der Waals surface area contributed by atoms with Crippen molar-refractivity contribution < 1.29 is 18.0 Å². The molecule has 1 rings (SSSR count). The van der Waals surface area contributed by atoms with Crippen LogP contribution in [-0.2, 0) is 0 Å². The largest absolute Gasteiger partial charge is 0.397 e. The first-order valence-electron chi connectivity index (χ1n) is 4.86. The van der Waals surface area contributed by atoms with E-state index in [9.17, 15) is 18.0 Å². The fourth-order valence-electron chi connectivity index (χ4n) is 1.31. The average Bonchev–Trinajstić information content (AvgIpc) is 2.14. The Bertz CT molecular complexity index is 406. The highest BCUT2D eigenvalue weighted by atomic mass is 19.4. The number of anilines is 1. The fourth-order valence-corrected chi connectivity index (χ4v) is 1.31. The Balaban J connectivity index is 2.64. The number of carbonyl (C=O) groups excluding carboxylic acids is 1. The van der Waals surface area contributed by atoms with Crippen LogP contribution < -0.4 is 11.1 Å². The van der Waals surface area contributed by atoms with Crippen LogP contribution in [0.15, 0.2) is 18.5 Å². The van der Waals surface area contributed by atoms with Gasteiger partial charge in [-0.05, 0) is 13.0 Å². The summed E-state index contributed by atoms with van der Waals surface area (Å²) in [5.74, 6) is -0.637. The molecule has 0 aliphatic rings. The lowest BCUT2D eigenvalue weighted by Gasteiger charge is -2.16. The highest BCUT2D eigenvalue weighted by Crippen LogP contribution is 2.21. The van der Waals surface area contributed by atoms with Crippen LogP contribution in [0.25, 0.3) is 0 Å². The fraction of sp³-hybridized carbons (Fsp3) is 0.400. The molecule has 0 radical (unpaired) electrons. The van der Waals surface area contributed by atoms with Gasteiger partial charge in [-0.2, -0.15) is 13.2 Å². The summed E-state index contributed by atoms with van der Waals surface area (Å²) in [6, 6.07) is 0.348. The van der Waals surface area contributed by atoms with Crippen molar-refractivity contribution in [2.45, 2.75) is 25.6 Å². The van der Waals surface area contributed by atoms with E-state index in [-0.39, 0.29) is 11.3 Å². The first-order valence-corrected chi connectivity index (χ1v) is 4.86. The number of carbonyl (C=O) groups is 1. The maximum Gasteiger partial charge on any atom is 0.391 e. The van der Waals surface area contributed by atoms with Crippen LogP contribution in [0.1, 0.15) is 23.7 Å². The number of nitrogen functional groups attached to an aromatic ring is 1. The van der Waals surface area contributed by atoms with Gasteiger partial charge in [-0.3, -0.25) is 9.78 Å². The zero-order valence-electron chi connectivity index (χ0n) is 9.08. The Kier molecular flexibility index (Phi) is 3.93. The number of pyridine rings is 1. The van der Waals surface area contributed by atoms with Crippen LogP contribution in [0, 0.1) is 0 Å². The molecule has 0 saturated carbocycles. The normalized spacial score (nSPS) is 13.2. The van der Waals surface area contributed by atoms with Gasteiger partial charge in [0.1, 0.15) is 0 Å². The standard InChI is InChI=1S/C10H12F3N3O/c1-6(4-10(11,12)13)16-9(17)7-2-3-15-5-8(7)14/h2-3,5-6H,4,14H2,1H3,(H,16,17). The molecule has 0 spiro atoms. The predicted molar refractivity (Wildman–Crippen MR) is 56.2 cm³/mol. The second-order valence-corrected chi connectivity index (χ2v) is 3.66. The molecule has 0 aliphatic heterocycles. The second kappa shape index (κ2) is 5.03. The van der Waals surface area contributed by atoms with Crippen LogP contribution in [0.5, 0.6) is 0 Å². The van der Waals surface area contributed by atoms with Crippen molar-refractivity contribution in [3.8, 4) is 0 Å². The molecular formula is C10H12F3N3O. The molecule has 0 fully saturated rings. The molecule has 1 aromatic rings. The van der Waals surface area contributed by atoms with Gasteiger partial charge in [0.05, 0.1) is 23.9 Å². The minimum Gasteiger partial charge on any atom is -0.397 e. The van der Waals surface area contributed by atoms with Gasteiger partial charge in [0.25, 0.3) is 5.91 Å². The van der Waals surface area contributed by atoms with Gasteiger partial charge in [0.2, 0.25) is 0 Å². The van der Waals surface area contributed by atoms with E-state index in [1.165, 1.54) is 25.4 Å². The zero-order chi connectivity index (χ0) is 13.1. The molecule has 1 heterocycles. The number of hydrogen-bond donors (Lipinski definition) is 2. The highest BCUT2D eigenvalue weighted by Gasteiger charge is 2.30. The van der Waals surface area contributed by atoms with Crippen molar-refractivity contribution >= 4 is 11.6 Å². The molecular weight excluding hydrogens is 235 g/mol. The molecule has 0 bridgehead atoms. The molecule has 1 unspecified atom stereocenters. The summed E-state index contributed by atoms with van der Waals surface area (Å²) in [7, 11) is 0. The molecule has 7 heteroatoms. The number of hydrogen-bond acceptors (Lipinski definition) is 3. The Morgan fingerprint density at radius 1 is 1.59 bits per heavy atom. The number of halogens is 3. The minimum atomic E-state index is -4.31. The summed E-state index contributed by atoms with van der Waals surface area (Å²) >= 11 is 0. The average molecular weight is 247 g/mol. The van der Waals surface area contributed by atoms with Gasteiger partial charge in [-0.15, -0.1) is 0 Å². The molecule has 0 aliphatic carbocycles. The van der Waals surface area contributed by atoms with Crippen molar-refractivity contribution in [2.24, 2.45) is 0 Å². The van der Waals surface area contributed by atoms with Gasteiger partial charge < -0.3 is 11.1 Å². The Morgan fingerprint density at radius 3 is 2.76 bits per heavy atom. The van der Waals surface area contributed by atoms with E-state index in [4.69, 9.17) is 5.73 Å². The van der Waals surface area contributed by atoms with E-state index in [0.29, 0.717) is 0 Å². The molecule has 1 amide bonds. The van der Waals surface area contributed by atoms with E-state index in [2.05, 4.69) is 10.3 Å². The van der Waals surface area contributed by atoms with Gasteiger partial charge in [-0.1, -0.05) is 0 Å². The minimum absolute atomic E-state index is 0.119. The van der Waals surface area contributed by atoms with E-state index in [1.54, 1.807) is 0 Å². The van der Waals surface area contributed by atoms with Crippen LogP contribution in [0.3, 0.4) is 0 Å². The summed E-state index contributed by atoms with van der Waals surface area (Å²) in [4.78, 5) is 15.3. The number of aromatic nitrogens is 1. The number of nitrogens with zero attached hydrogens (tertiary/aromatic N) is 1. The maximum atomic E-state index is 12.1. The van der Waals surface area contributed by atoms with Crippen LogP contribution in [0.4, 0.5) is 18.9 Å². The Hall–Kier alpha value is -1.79. The number of alkyl halides is 3. The molecule has 3 N–H and O–H groups in total. The number of nitrogens with one attached hydrogen (secondary N) is 1. The SMILES string of the molecule is CC(CC(F)(F)F)NC(=O)c1ccncc1N. The molecule has 1 aromatic heterocycles. The summed E-state index contributed by atoms with van der Waals surface area (Å²) in [6.45, 7) is 1.28. The van der Waals surface area contributed by atoms with Crippen LogP contribution in [-0.4, -0.2) is 23.1 Å². The molecule has 17 heavy (non-hydrogen) atoms. The maximum absolute atomic E-state index is 12.1. The lowest BCUT2D eigenvalue weighted by atomic mass is 10.2. The summed E-state index contributed by atoms with van der Waals surface area (Å²) < 4.78 is 36.2. The quantitative estimate of drug-likeness (QED) is 0.854. The lowest BCUT2D eigenvalue weighted by Crippen LogP contribution is -2.36. The Labute approximate surface area is 96.0 Å². The molecule has 0 saturated heterocycles. The van der Waals surface area contributed by atoms with Gasteiger partial charge >= 0.3 is 6.18 Å². The molecule has 1 atom stereocenters. The second-order valence-electron chi connectivity index (χ2n) is 3.66. The number of amides is 1. The first-order chi connectivity index (χ1) is 7.79. The topological polar surface area (TPSA) is 68.0 Å². The van der Waals surface area contributed by atoms with Crippen molar-refractivity contribution in [3.63, 3.8) is 0 Å². The van der Waals surface area contributed by atoms with Crippen molar-refractivity contribution in [1.29, 1.82) is 0 Å². The first kappa shape index (κ1) is 13.3. The predicted octanol–water partition coefficient (Wildman–Crippen LogP) is 1.73. The van der Waals surface area contributed by atoms with E-state index in [1.807, 2.05) is 0 Å². The van der Waals surface area contributed by atoms with Crippen molar-refractivity contribution in [2.75, 3.05) is 5.73 Å². The summed E-state index contributed by atoms with van der Waals surface area (Å²) in [5.41, 5.74) is 5.73. The van der Waals surface area contributed by atoms with Gasteiger partial charge in [0.15, 0.2) is 0 Å². The zero-order valence-corrected chi connectivity index (χ0v) is 9.08. The molecule has 4 nitrogen and oxygen atoms in total. The molecule has 94 valence electrons. The van der Waals surface area contributed by atoms with Crippen LogP contribution >= 0.6 is 0 Å².